The first-order chi connectivity index (χ1) is 12.0. The van der Waals surface area contributed by atoms with E-state index in [0.717, 1.165) is 0 Å². The molecule has 8 nitrogen and oxygen atoms in total. The van der Waals surface area contributed by atoms with Crippen molar-refractivity contribution in [2.45, 2.75) is 0 Å². The Hall–Kier alpha value is -2.26. The van der Waals surface area contributed by atoms with Gasteiger partial charge in [-0.2, -0.15) is 0 Å². The van der Waals surface area contributed by atoms with Crippen LogP contribution in [0.1, 0.15) is 0 Å². The van der Waals surface area contributed by atoms with Gasteiger partial charge in [0.1, 0.15) is 5.70 Å². The highest BCUT2D eigenvalue weighted by Gasteiger charge is 2.34. The number of hydrogen-bond acceptors (Lipinski definition) is 7. The summed E-state index contributed by atoms with van der Waals surface area (Å²) < 4.78 is 15.8. The van der Waals surface area contributed by atoms with Gasteiger partial charge in [0.2, 0.25) is 0 Å². The summed E-state index contributed by atoms with van der Waals surface area (Å²) in [5, 5.41) is 12.0. The van der Waals surface area contributed by atoms with Crippen LogP contribution in [0.5, 0.6) is 11.5 Å². The van der Waals surface area contributed by atoms with Crippen molar-refractivity contribution < 1.29 is 28.9 Å². The molecule has 1 amide bonds. The number of ether oxygens (including phenoxy) is 3. The third kappa shape index (κ3) is 3.88. The molecule has 0 radical (unpaired) electrons. The van der Waals surface area contributed by atoms with Gasteiger partial charge in [-0.3, -0.25) is 4.79 Å². The highest BCUT2D eigenvalue weighted by molar-refractivity contribution is 9.10. The Bertz CT molecular complexity index is 719. The van der Waals surface area contributed by atoms with Crippen molar-refractivity contribution in [3.8, 4) is 11.5 Å². The summed E-state index contributed by atoms with van der Waals surface area (Å²) in [6.45, 7) is -0.00948. The van der Waals surface area contributed by atoms with E-state index in [1.807, 2.05) is 0 Å². The van der Waals surface area contributed by atoms with Gasteiger partial charge in [0.05, 0.1) is 45.7 Å². The number of nitrogens with one attached hydrogen (secondary N) is 1. The van der Waals surface area contributed by atoms with Crippen molar-refractivity contribution in [3.63, 3.8) is 0 Å². The lowest BCUT2D eigenvalue weighted by Gasteiger charge is -2.16. The molecule has 0 unspecified atom stereocenters. The summed E-state index contributed by atoms with van der Waals surface area (Å²) in [6, 6.07) is 3.33. The van der Waals surface area contributed by atoms with Gasteiger partial charge in [0.15, 0.2) is 11.5 Å². The largest absolute Gasteiger partial charge is 0.493 e. The molecule has 0 spiro atoms. The minimum Gasteiger partial charge on any atom is -0.493 e. The van der Waals surface area contributed by atoms with E-state index in [2.05, 4.69) is 21.2 Å². The number of aliphatic hydroxyl groups is 1. The zero-order chi connectivity index (χ0) is 18.6. The first-order valence-corrected chi connectivity index (χ1v) is 8.16. The van der Waals surface area contributed by atoms with Gasteiger partial charge in [-0.25, -0.2) is 4.79 Å². The van der Waals surface area contributed by atoms with Crippen LogP contribution in [0, 0.1) is 0 Å². The summed E-state index contributed by atoms with van der Waals surface area (Å²) in [7, 11) is 4.26. The number of carbonyl (C=O) groups excluding carboxylic acids is 2. The van der Waals surface area contributed by atoms with Gasteiger partial charge in [0, 0.05) is 23.2 Å². The van der Waals surface area contributed by atoms with Gasteiger partial charge in [-0.1, -0.05) is 0 Å². The average molecular weight is 415 g/mol. The number of carbonyl (C=O) groups is 2. The Morgan fingerprint density at radius 3 is 2.48 bits per heavy atom. The van der Waals surface area contributed by atoms with Crippen molar-refractivity contribution in [1.82, 2.24) is 4.90 Å². The molecule has 0 aromatic heterocycles. The Balaban J connectivity index is 2.41. The smallest absolute Gasteiger partial charge is 0.337 e. The molecule has 1 aromatic rings. The van der Waals surface area contributed by atoms with Crippen LogP contribution >= 0.6 is 15.9 Å². The molecule has 1 heterocycles. The number of anilines is 1. The minimum absolute atomic E-state index is 0.0688. The van der Waals surface area contributed by atoms with Gasteiger partial charge >= 0.3 is 5.97 Å². The van der Waals surface area contributed by atoms with Gasteiger partial charge in [-0.05, 0) is 15.9 Å². The second kappa shape index (κ2) is 8.21. The predicted octanol–water partition coefficient (Wildman–Crippen LogP) is 1.14. The number of rotatable bonds is 7. The molecule has 136 valence electrons. The van der Waals surface area contributed by atoms with Crippen LogP contribution in [0.15, 0.2) is 27.9 Å². The van der Waals surface area contributed by atoms with Crippen LogP contribution < -0.4 is 14.8 Å². The van der Waals surface area contributed by atoms with Crippen molar-refractivity contribution in [1.29, 1.82) is 0 Å². The quantitative estimate of drug-likeness (QED) is 0.645. The summed E-state index contributed by atoms with van der Waals surface area (Å²) in [5.41, 5.74) is 0.823. The maximum absolute atomic E-state index is 12.5. The highest BCUT2D eigenvalue weighted by atomic mass is 79.9. The van der Waals surface area contributed by atoms with Crippen LogP contribution in [0.2, 0.25) is 0 Å². The van der Waals surface area contributed by atoms with Crippen molar-refractivity contribution in [3.05, 3.63) is 27.9 Å². The van der Waals surface area contributed by atoms with Crippen LogP contribution in [0.3, 0.4) is 0 Å². The summed E-state index contributed by atoms with van der Waals surface area (Å²) in [4.78, 5) is 25.9. The number of hydrogen-bond donors (Lipinski definition) is 2. The van der Waals surface area contributed by atoms with Crippen LogP contribution in [0.4, 0.5) is 5.69 Å². The van der Waals surface area contributed by atoms with Crippen molar-refractivity contribution >= 4 is 33.5 Å². The molecule has 1 aromatic carbocycles. The molecule has 9 heteroatoms. The summed E-state index contributed by atoms with van der Waals surface area (Å²) in [6.07, 6.45) is 0. The number of halogens is 1. The summed E-state index contributed by atoms with van der Waals surface area (Å²) >= 11 is 3.40. The van der Waals surface area contributed by atoms with E-state index < -0.39 is 11.9 Å². The predicted molar refractivity (Wildman–Crippen MR) is 93.6 cm³/mol. The lowest BCUT2D eigenvalue weighted by Crippen LogP contribution is -2.31. The maximum Gasteiger partial charge on any atom is 0.337 e. The first-order valence-electron chi connectivity index (χ1n) is 7.36. The van der Waals surface area contributed by atoms with Gasteiger partial charge in [-0.15, -0.1) is 0 Å². The average Bonchev–Trinajstić information content (AvgIpc) is 2.92. The number of benzene rings is 1. The number of methoxy groups -OCH3 is 3. The Kier molecular flexibility index (Phi) is 6.27. The molecule has 0 bridgehead atoms. The molecule has 0 saturated heterocycles. The second-order valence-electron chi connectivity index (χ2n) is 5.11. The van der Waals surface area contributed by atoms with E-state index in [1.54, 1.807) is 12.1 Å². The lowest BCUT2D eigenvalue weighted by atomic mass is 10.2. The zero-order valence-electron chi connectivity index (χ0n) is 14.1. The van der Waals surface area contributed by atoms with Crippen molar-refractivity contribution in [2.24, 2.45) is 0 Å². The fourth-order valence-electron chi connectivity index (χ4n) is 2.43. The van der Waals surface area contributed by atoms with Gasteiger partial charge in [0.25, 0.3) is 5.91 Å². The molecule has 25 heavy (non-hydrogen) atoms. The number of β-amino-alcohol motifs (C(OH)–C–C–N with tert-alkyl or cyclic N) is 1. The molecule has 2 rings (SSSR count). The number of nitrogens with zero attached hydrogens (tertiary/aromatic N) is 1. The number of amides is 1. The van der Waals surface area contributed by atoms with E-state index in [4.69, 9.17) is 19.3 Å². The molecular formula is C16H19BrN2O6. The molecular weight excluding hydrogens is 396 g/mol. The third-order valence-corrected chi connectivity index (χ3v) is 4.34. The fourth-order valence-corrected chi connectivity index (χ4v) is 2.86. The van der Waals surface area contributed by atoms with Gasteiger partial charge < -0.3 is 29.5 Å². The van der Waals surface area contributed by atoms with Crippen LogP contribution in [-0.4, -0.2) is 62.9 Å². The number of aliphatic hydroxyl groups excluding tert-OH is 1. The van der Waals surface area contributed by atoms with E-state index in [-0.39, 0.29) is 31.0 Å². The third-order valence-electron chi connectivity index (χ3n) is 3.69. The lowest BCUT2D eigenvalue weighted by molar-refractivity contribution is -0.136. The second-order valence-corrected chi connectivity index (χ2v) is 5.96. The zero-order valence-corrected chi connectivity index (χ0v) is 15.7. The Labute approximate surface area is 153 Å². The number of esters is 1. The van der Waals surface area contributed by atoms with E-state index in [9.17, 15) is 9.59 Å². The normalized spacial score (nSPS) is 14.0. The Morgan fingerprint density at radius 1 is 1.28 bits per heavy atom. The molecule has 1 aliphatic heterocycles. The molecule has 2 N–H and O–H groups in total. The molecule has 0 atom stereocenters. The van der Waals surface area contributed by atoms with E-state index in [0.29, 0.717) is 21.7 Å². The highest BCUT2D eigenvalue weighted by Crippen LogP contribution is 2.37. The van der Waals surface area contributed by atoms with E-state index >= 15 is 0 Å². The summed E-state index contributed by atoms with van der Waals surface area (Å²) in [5.74, 6) is -0.0168. The Morgan fingerprint density at radius 2 is 1.92 bits per heavy atom. The fraction of sp³-hybridized carbons (Fsp3) is 0.375. The first kappa shape index (κ1) is 19.1. The topological polar surface area (TPSA) is 97.3 Å². The minimum atomic E-state index is -0.604. The van der Waals surface area contributed by atoms with Crippen LogP contribution in [0.25, 0.3) is 0 Å². The van der Waals surface area contributed by atoms with Crippen molar-refractivity contribution in [2.75, 3.05) is 46.3 Å². The monoisotopic (exact) mass is 414 g/mol. The molecule has 0 aliphatic carbocycles. The van der Waals surface area contributed by atoms with Crippen LogP contribution in [-0.2, 0) is 14.3 Å². The standard InChI is InChI=1S/C16H19BrN2O6/c1-23-12-6-10(17)11(7-13(12)24-2)18-14-9(16(22)25-3)8-19(4-5-20)15(14)21/h6-7,18,20H,4-5,8H2,1-3H3. The molecule has 1 aliphatic rings. The maximum atomic E-state index is 12.5. The SMILES string of the molecule is COC(=O)C1=C(Nc2cc(OC)c(OC)cc2Br)C(=O)N(CCO)C1. The molecule has 0 saturated carbocycles. The molecule has 0 fully saturated rings. The van der Waals surface area contributed by atoms with E-state index in [1.165, 1.54) is 26.2 Å².